The average molecular weight is 261 g/mol. The van der Waals surface area contributed by atoms with Gasteiger partial charge in [-0.05, 0) is 19.3 Å². The summed E-state index contributed by atoms with van der Waals surface area (Å²) in [4.78, 5) is 17.5. The maximum absolute atomic E-state index is 11.1. The second-order valence-corrected chi connectivity index (χ2v) is 4.23. The Kier molecular flexibility index (Phi) is 4.19. The summed E-state index contributed by atoms with van der Waals surface area (Å²) in [5.74, 6) is -0.291. The molecule has 1 N–H and O–H groups in total. The van der Waals surface area contributed by atoms with Gasteiger partial charge in [0.1, 0.15) is 5.02 Å². The number of hydrogen-bond donors (Lipinski definition) is 1. The highest BCUT2D eigenvalue weighted by Crippen LogP contribution is 2.16. The summed E-state index contributed by atoms with van der Waals surface area (Å²) in [6, 6.07) is 0.0567. The van der Waals surface area contributed by atoms with E-state index >= 15 is 0 Å². The fourth-order valence-electron chi connectivity index (χ4n) is 1.90. The molecule has 0 aromatic carbocycles. The van der Waals surface area contributed by atoms with Gasteiger partial charge in [-0.2, -0.15) is 4.63 Å². The predicted octanol–water partition coefficient (Wildman–Crippen LogP) is -0.295. The number of nitrogens with zero attached hydrogens (tertiary/aromatic N) is 3. The van der Waals surface area contributed by atoms with E-state index in [1.54, 1.807) is 0 Å². The molecule has 1 aromatic heterocycles. The fraction of sp³-hybridized carbons (Fsp3) is 0.900. The van der Waals surface area contributed by atoms with Crippen molar-refractivity contribution in [3.8, 4) is 0 Å². The Morgan fingerprint density at radius 2 is 2.39 bits per heavy atom. The number of aliphatic hydroxyl groups excluding tert-OH is 1. The van der Waals surface area contributed by atoms with Gasteiger partial charge >= 0.3 is 5.97 Å². The molecule has 8 nitrogen and oxygen atoms in total. The van der Waals surface area contributed by atoms with Gasteiger partial charge in [0, 0.05) is 13.0 Å². The molecule has 1 aromatic rings. The van der Waals surface area contributed by atoms with Crippen LogP contribution >= 0.6 is 0 Å². The number of carbonyl (C=O) groups is 1. The van der Waals surface area contributed by atoms with Crippen LogP contribution < -0.4 is 9.85 Å². The minimum absolute atomic E-state index is 0.0567. The summed E-state index contributed by atoms with van der Waals surface area (Å²) >= 11 is 0. The van der Waals surface area contributed by atoms with Gasteiger partial charge < -0.3 is 14.7 Å². The van der Waals surface area contributed by atoms with E-state index in [9.17, 15) is 4.79 Å². The summed E-state index contributed by atoms with van der Waals surface area (Å²) in [7, 11) is 0. The van der Waals surface area contributed by atoms with Crippen LogP contribution in [0.25, 0.3) is 0 Å². The maximum atomic E-state index is 11.1. The summed E-state index contributed by atoms with van der Waals surface area (Å²) in [6.45, 7) is 2.62. The SMILES string of the molecule is CCCC(=O)OCOn1on1N1CCCC1CO. The lowest BCUT2D eigenvalue weighted by Crippen LogP contribution is -2.39. The third-order valence-electron chi connectivity index (χ3n) is 2.87. The van der Waals surface area contributed by atoms with Crippen LogP contribution in [0.15, 0.2) is 4.63 Å². The fourth-order valence-corrected chi connectivity index (χ4v) is 1.90. The highest BCUT2D eigenvalue weighted by atomic mass is 17.0. The van der Waals surface area contributed by atoms with Crippen molar-refractivity contribution in [3.05, 3.63) is 0 Å². The molecule has 104 valence electrons. The number of aliphatic hydroxyl groups is 1. The standard InChI is InChI=1S/C10H19N3O5/c1-2-4-10(15)16-8-17-13-12(18-13)11-6-3-5-9(11)7-14/h9,14H,2-8H2,1H3. The van der Waals surface area contributed by atoms with Gasteiger partial charge in [-0.3, -0.25) is 9.80 Å². The first-order valence-corrected chi connectivity index (χ1v) is 6.20. The molecule has 0 saturated carbocycles. The number of carbonyl (C=O) groups excluding carboxylic acids is 1. The Bertz CT molecular complexity index is 369. The van der Waals surface area contributed by atoms with E-state index in [2.05, 4.69) is 0 Å². The van der Waals surface area contributed by atoms with Gasteiger partial charge in [-0.15, -0.1) is 0 Å². The van der Waals surface area contributed by atoms with Crippen molar-refractivity contribution in [2.45, 2.75) is 38.6 Å². The van der Waals surface area contributed by atoms with Crippen LogP contribution in [-0.4, -0.2) is 47.0 Å². The lowest BCUT2D eigenvalue weighted by molar-refractivity contribution is -0.159. The molecule has 1 unspecified atom stereocenters. The van der Waals surface area contributed by atoms with Crippen LogP contribution in [0, 0.1) is 0 Å². The van der Waals surface area contributed by atoms with Crippen LogP contribution in [0.2, 0.25) is 0 Å². The van der Waals surface area contributed by atoms with Gasteiger partial charge in [-0.25, -0.2) is 0 Å². The van der Waals surface area contributed by atoms with Crippen molar-refractivity contribution in [2.75, 3.05) is 25.0 Å². The molecule has 18 heavy (non-hydrogen) atoms. The van der Waals surface area contributed by atoms with Crippen LogP contribution in [-0.2, 0) is 9.53 Å². The number of rotatable bonds is 7. The average Bonchev–Trinajstić information content (AvgIpc) is 2.96. The number of aromatic nitrogens is 2. The molecular weight excluding hydrogens is 242 g/mol. The smallest absolute Gasteiger partial charge is 0.308 e. The van der Waals surface area contributed by atoms with E-state index < -0.39 is 0 Å². The zero-order chi connectivity index (χ0) is 13.0. The monoisotopic (exact) mass is 261 g/mol. The number of hydrogen-bond acceptors (Lipinski definition) is 6. The van der Waals surface area contributed by atoms with E-state index in [0.29, 0.717) is 6.42 Å². The molecule has 1 aliphatic rings. The summed E-state index contributed by atoms with van der Waals surface area (Å²) < 4.78 is 9.86. The molecule has 0 radical (unpaired) electrons. The summed E-state index contributed by atoms with van der Waals surface area (Å²) in [5, 5.41) is 12.2. The minimum atomic E-state index is -0.291. The molecule has 1 fully saturated rings. The Labute approximate surface area is 104 Å². The topological polar surface area (TPSA) is 82.0 Å². The van der Waals surface area contributed by atoms with Gasteiger partial charge in [0.15, 0.2) is 0 Å². The molecule has 8 heteroatoms. The van der Waals surface area contributed by atoms with Crippen LogP contribution in [0.5, 0.6) is 0 Å². The van der Waals surface area contributed by atoms with Crippen LogP contribution in [0.3, 0.4) is 0 Å². The van der Waals surface area contributed by atoms with E-state index in [-0.39, 0.29) is 25.4 Å². The molecule has 1 saturated heterocycles. The number of ether oxygens (including phenoxy) is 1. The van der Waals surface area contributed by atoms with Crippen LogP contribution in [0.1, 0.15) is 32.6 Å². The molecule has 1 aliphatic heterocycles. The Balaban J connectivity index is 1.69. The van der Waals surface area contributed by atoms with E-state index in [4.69, 9.17) is 19.3 Å². The highest BCUT2D eigenvalue weighted by molar-refractivity contribution is 5.69. The first kappa shape index (κ1) is 12.9. The van der Waals surface area contributed by atoms with Crippen molar-refractivity contribution in [2.24, 2.45) is 0 Å². The molecule has 0 spiro atoms. The van der Waals surface area contributed by atoms with E-state index in [0.717, 1.165) is 30.8 Å². The van der Waals surface area contributed by atoms with E-state index in [1.807, 2.05) is 11.9 Å². The maximum Gasteiger partial charge on any atom is 0.308 e. The molecule has 0 amide bonds. The Morgan fingerprint density at radius 3 is 3.11 bits per heavy atom. The molecule has 2 heterocycles. The van der Waals surface area contributed by atoms with Crippen molar-refractivity contribution in [3.63, 3.8) is 0 Å². The predicted molar refractivity (Wildman–Crippen MR) is 60.3 cm³/mol. The second kappa shape index (κ2) is 5.85. The third-order valence-corrected chi connectivity index (χ3v) is 2.87. The summed E-state index contributed by atoms with van der Waals surface area (Å²) in [6.07, 6.45) is 3.06. The second-order valence-electron chi connectivity index (χ2n) is 4.23. The Hall–Kier alpha value is -1.57. The van der Waals surface area contributed by atoms with Gasteiger partial charge in [0.2, 0.25) is 0 Å². The highest BCUT2D eigenvalue weighted by Gasteiger charge is 2.31. The molecule has 0 aliphatic carbocycles. The van der Waals surface area contributed by atoms with E-state index in [1.165, 1.54) is 4.96 Å². The van der Waals surface area contributed by atoms with Crippen LogP contribution in [0.4, 0.5) is 0 Å². The molecular formula is C10H19N3O5. The normalized spacial score (nSPS) is 19.4. The molecule has 2 rings (SSSR count). The van der Waals surface area contributed by atoms with Crippen molar-refractivity contribution in [1.82, 2.24) is 9.98 Å². The van der Waals surface area contributed by atoms with Gasteiger partial charge in [-0.1, -0.05) is 6.92 Å². The molecule has 1 atom stereocenters. The minimum Gasteiger partial charge on any atom is -0.426 e. The zero-order valence-electron chi connectivity index (χ0n) is 10.4. The zero-order valence-corrected chi connectivity index (χ0v) is 10.4. The van der Waals surface area contributed by atoms with Gasteiger partial charge in [0.25, 0.3) is 6.79 Å². The number of esters is 1. The van der Waals surface area contributed by atoms with Crippen molar-refractivity contribution in [1.29, 1.82) is 0 Å². The van der Waals surface area contributed by atoms with Crippen molar-refractivity contribution >= 4 is 5.97 Å². The first-order chi connectivity index (χ1) is 8.76. The lowest BCUT2D eigenvalue weighted by Gasteiger charge is -2.16. The first-order valence-electron chi connectivity index (χ1n) is 6.20. The van der Waals surface area contributed by atoms with Gasteiger partial charge in [0.05, 0.1) is 17.6 Å². The lowest BCUT2D eigenvalue weighted by atomic mass is 10.2. The van der Waals surface area contributed by atoms with Crippen molar-refractivity contribution < 1.29 is 24.1 Å². The summed E-state index contributed by atoms with van der Waals surface area (Å²) in [5.41, 5.74) is 0. The molecule has 0 bridgehead atoms. The largest absolute Gasteiger partial charge is 0.426 e. The Morgan fingerprint density at radius 1 is 1.56 bits per heavy atom. The third kappa shape index (κ3) is 3.00. The quantitative estimate of drug-likeness (QED) is 0.536.